The van der Waals surface area contributed by atoms with E-state index < -0.39 is 0 Å². The van der Waals surface area contributed by atoms with Crippen LogP contribution in [0.4, 0.5) is 4.79 Å². The first-order chi connectivity index (χ1) is 9.22. The number of carbonyl (C=O) groups is 1. The Labute approximate surface area is 115 Å². The van der Waals surface area contributed by atoms with Crippen LogP contribution in [0.25, 0.3) is 0 Å². The van der Waals surface area contributed by atoms with Crippen LogP contribution >= 0.6 is 0 Å². The Morgan fingerprint density at radius 3 is 3.05 bits per heavy atom. The summed E-state index contributed by atoms with van der Waals surface area (Å²) in [6.45, 7) is 2.86. The van der Waals surface area contributed by atoms with Crippen LogP contribution in [0.1, 0.15) is 32.6 Å². The summed E-state index contributed by atoms with van der Waals surface area (Å²) >= 11 is 0. The lowest BCUT2D eigenvalue weighted by Gasteiger charge is -2.13. The van der Waals surface area contributed by atoms with E-state index in [1.54, 1.807) is 7.11 Å². The van der Waals surface area contributed by atoms with Gasteiger partial charge in [0.25, 0.3) is 0 Å². The van der Waals surface area contributed by atoms with Crippen molar-refractivity contribution < 1.29 is 14.3 Å². The molecule has 108 valence electrons. The highest BCUT2D eigenvalue weighted by atomic mass is 16.5. The molecule has 1 N–H and O–H groups in total. The van der Waals surface area contributed by atoms with Crippen molar-refractivity contribution in [2.24, 2.45) is 5.92 Å². The van der Waals surface area contributed by atoms with Gasteiger partial charge in [-0.05, 0) is 32.1 Å². The Balaban J connectivity index is 2.03. The van der Waals surface area contributed by atoms with Crippen LogP contribution in [0.15, 0.2) is 24.3 Å². The molecule has 0 aromatic heterocycles. The van der Waals surface area contributed by atoms with Gasteiger partial charge in [0, 0.05) is 20.1 Å². The average molecular weight is 267 g/mol. The maximum atomic E-state index is 11.3. The van der Waals surface area contributed by atoms with E-state index in [0.29, 0.717) is 25.5 Å². The third kappa shape index (κ3) is 7.67. The normalized spacial score (nSPS) is 20.4. The summed E-state index contributed by atoms with van der Waals surface area (Å²) in [4.78, 5) is 11.3. The predicted octanol–water partition coefficient (Wildman–Crippen LogP) is 3.05. The lowest BCUT2D eigenvalue weighted by molar-refractivity contribution is 0.0801. The monoisotopic (exact) mass is 267 g/mol. The summed E-state index contributed by atoms with van der Waals surface area (Å²) < 4.78 is 10.1. The highest BCUT2D eigenvalue weighted by Crippen LogP contribution is 2.18. The number of hydrogen-bond donors (Lipinski definition) is 1. The first kappa shape index (κ1) is 15.8. The molecule has 0 aromatic carbocycles. The molecule has 0 bridgehead atoms. The zero-order chi connectivity index (χ0) is 13.9. The van der Waals surface area contributed by atoms with Crippen LogP contribution < -0.4 is 5.32 Å². The fourth-order valence-electron chi connectivity index (χ4n) is 1.88. The molecular formula is C15H25NO3. The first-order valence-corrected chi connectivity index (χ1v) is 6.97. The number of allylic oxidation sites excluding steroid dienone is 3. The molecule has 0 spiro atoms. The van der Waals surface area contributed by atoms with Crippen LogP contribution in [0.3, 0.4) is 0 Å². The SMILES string of the molecule is COC(C)CCOC(=O)NCC=CC1CC=CCC1. The third-order valence-electron chi connectivity index (χ3n) is 3.24. The Bertz CT molecular complexity index is 313. The Hall–Kier alpha value is -1.29. The van der Waals surface area contributed by atoms with Gasteiger partial charge in [-0.25, -0.2) is 4.79 Å². The first-order valence-electron chi connectivity index (χ1n) is 6.97. The molecule has 0 radical (unpaired) electrons. The largest absolute Gasteiger partial charge is 0.449 e. The van der Waals surface area contributed by atoms with Crippen LogP contribution in [-0.4, -0.2) is 32.5 Å². The second-order valence-corrected chi connectivity index (χ2v) is 4.82. The van der Waals surface area contributed by atoms with Crippen LogP contribution in [0.5, 0.6) is 0 Å². The van der Waals surface area contributed by atoms with Crippen LogP contribution in [-0.2, 0) is 9.47 Å². The van der Waals surface area contributed by atoms with Gasteiger partial charge in [0.05, 0.1) is 12.7 Å². The fourth-order valence-corrected chi connectivity index (χ4v) is 1.88. The molecular weight excluding hydrogens is 242 g/mol. The van der Waals surface area contributed by atoms with E-state index in [1.165, 1.54) is 6.42 Å². The summed E-state index contributed by atoms with van der Waals surface area (Å²) in [5.41, 5.74) is 0. The van der Waals surface area contributed by atoms with Crippen molar-refractivity contribution in [2.45, 2.75) is 38.7 Å². The summed E-state index contributed by atoms with van der Waals surface area (Å²) in [6, 6.07) is 0. The fraction of sp³-hybridized carbons (Fsp3) is 0.667. The number of rotatable bonds is 7. The third-order valence-corrected chi connectivity index (χ3v) is 3.24. The molecule has 0 saturated carbocycles. The standard InChI is InChI=1S/C15H25NO3/c1-13(18-2)10-12-19-15(17)16-11-6-9-14-7-4-3-5-8-14/h3-4,6,9,13-14H,5,7-8,10-12H2,1-2H3,(H,16,17). The molecule has 1 aliphatic carbocycles. The minimum atomic E-state index is -0.364. The van der Waals surface area contributed by atoms with Gasteiger partial charge >= 0.3 is 6.09 Å². The van der Waals surface area contributed by atoms with Crippen molar-refractivity contribution in [2.75, 3.05) is 20.3 Å². The van der Waals surface area contributed by atoms with Crippen molar-refractivity contribution >= 4 is 6.09 Å². The number of carbonyl (C=O) groups excluding carboxylic acids is 1. The maximum Gasteiger partial charge on any atom is 0.407 e. The van der Waals surface area contributed by atoms with Gasteiger partial charge in [-0.3, -0.25) is 0 Å². The number of methoxy groups -OCH3 is 1. The molecule has 0 aliphatic heterocycles. The predicted molar refractivity (Wildman–Crippen MR) is 76.1 cm³/mol. The van der Waals surface area contributed by atoms with Crippen molar-refractivity contribution in [1.82, 2.24) is 5.32 Å². The van der Waals surface area contributed by atoms with E-state index in [9.17, 15) is 4.79 Å². The molecule has 1 rings (SSSR count). The molecule has 0 saturated heterocycles. The molecule has 1 amide bonds. The highest BCUT2D eigenvalue weighted by molar-refractivity contribution is 5.67. The van der Waals surface area contributed by atoms with E-state index >= 15 is 0 Å². The van der Waals surface area contributed by atoms with Gasteiger partial charge in [0.1, 0.15) is 0 Å². The second kappa shape index (κ2) is 9.62. The second-order valence-electron chi connectivity index (χ2n) is 4.82. The number of amides is 1. The molecule has 4 heteroatoms. The van der Waals surface area contributed by atoms with E-state index in [-0.39, 0.29) is 12.2 Å². The summed E-state index contributed by atoms with van der Waals surface area (Å²) in [6.07, 6.45) is 12.6. The average Bonchev–Trinajstić information content (AvgIpc) is 2.44. The number of nitrogens with one attached hydrogen (secondary N) is 1. The van der Waals surface area contributed by atoms with Crippen molar-refractivity contribution in [1.29, 1.82) is 0 Å². The van der Waals surface area contributed by atoms with Crippen LogP contribution in [0.2, 0.25) is 0 Å². The van der Waals surface area contributed by atoms with Crippen molar-refractivity contribution in [3.63, 3.8) is 0 Å². The highest BCUT2D eigenvalue weighted by Gasteiger charge is 2.05. The summed E-state index contributed by atoms with van der Waals surface area (Å²) in [7, 11) is 1.65. The van der Waals surface area contributed by atoms with Gasteiger partial charge in [-0.1, -0.05) is 24.3 Å². The summed E-state index contributed by atoms with van der Waals surface area (Å²) in [5, 5.41) is 2.71. The molecule has 0 fully saturated rings. The molecule has 2 atom stereocenters. The molecule has 0 aromatic rings. The number of alkyl carbamates (subject to hydrolysis) is 1. The summed E-state index contributed by atoms with van der Waals surface area (Å²) in [5.74, 6) is 0.616. The van der Waals surface area contributed by atoms with Gasteiger partial charge in [0.15, 0.2) is 0 Å². The van der Waals surface area contributed by atoms with E-state index in [0.717, 1.165) is 12.8 Å². The zero-order valence-corrected chi connectivity index (χ0v) is 11.9. The molecule has 2 unspecified atom stereocenters. The molecule has 19 heavy (non-hydrogen) atoms. The number of hydrogen-bond acceptors (Lipinski definition) is 3. The van der Waals surface area contributed by atoms with E-state index in [1.807, 2.05) is 13.0 Å². The molecule has 0 heterocycles. The minimum Gasteiger partial charge on any atom is -0.449 e. The molecule has 1 aliphatic rings. The van der Waals surface area contributed by atoms with Crippen molar-refractivity contribution in [3.8, 4) is 0 Å². The Kier molecular flexibility index (Phi) is 7.98. The van der Waals surface area contributed by atoms with E-state index in [4.69, 9.17) is 9.47 Å². The van der Waals surface area contributed by atoms with Gasteiger partial charge < -0.3 is 14.8 Å². The number of ether oxygens (including phenoxy) is 2. The quantitative estimate of drug-likeness (QED) is 0.721. The van der Waals surface area contributed by atoms with Crippen LogP contribution in [0, 0.1) is 5.92 Å². The van der Waals surface area contributed by atoms with Gasteiger partial charge in [-0.15, -0.1) is 0 Å². The van der Waals surface area contributed by atoms with Crippen molar-refractivity contribution in [3.05, 3.63) is 24.3 Å². The lowest BCUT2D eigenvalue weighted by Crippen LogP contribution is -2.25. The van der Waals surface area contributed by atoms with Gasteiger partial charge in [0.2, 0.25) is 0 Å². The maximum absolute atomic E-state index is 11.3. The molecule has 4 nitrogen and oxygen atoms in total. The zero-order valence-electron chi connectivity index (χ0n) is 11.9. The van der Waals surface area contributed by atoms with E-state index in [2.05, 4.69) is 23.5 Å². The topological polar surface area (TPSA) is 47.6 Å². The smallest absolute Gasteiger partial charge is 0.407 e. The Morgan fingerprint density at radius 1 is 1.53 bits per heavy atom. The Morgan fingerprint density at radius 2 is 2.37 bits per heavy atom. The lowest BCUT2D eigenvalue weighted by atomic mass is 9.94. The minimum absolute atomic E-state index is 0.118. The van der Waals surface area contributed by atoms with Gasteiger partial charge in [-0.2, -0.15) is 0 Å².